The van der Waals surface area contributed by atoms with E-state index in [0.29, 0.717) is 0 Å². The molecule has 0 unspecified atom stereocenters. The van der Waals surface area contributed by atoms with Crippen molar-refractivity contribution in [3.63, 3.8) is 0 Å². The van der Waals surface area contributed by atoms with Gasteiger partial charge in [0.25, 0.3) is 0 Å². The summed E-state index contributed by atoms with van der Waals surface area (Å²) in [5.74, 6) is 0.349. The molecule has 0 bridgehead atoms. The van der Waals surface area contributed by atoms with Crippen molar-refractivity contribution in [2.45, 2.75) is 58.8 Å². The molecule has 1 atom stereocenters. The summed E-state index contributed by atoms with van der Waals surface area (Å²) in [6.45, 7) is 4.27. The molecule has 104 valence electrons. The largest absolute Gasteiger partial charge is 0.326 e. The molecule has 19 heavy (non-hydrogen) atoms. The van der Waals surface area contributed by atoms with Crippen LogP contribution in [0.5, 0.6) is 0 Å². The molecule has 0 radical (unpaired) electrons. The van der Waals surface area contributed by atoms with Gasteiger partial charge < -0.3 is 5.32 Å². The van der Waals surface area contributed by atoms with Gasteiger partial charge in [-0.15, -0.1) is 0 Å². The van der Waals surface area contributed by atoms with Gasteiger partial charge in [-0.3, -0.25) is 4.79 Å². The molecule has 2 nitrogen and oxygen atoms in total. The molecule has 1 aliphatic rings. The number of benzene rings is 1. The third kappa shape index (κ3) is 3.59. The van der Waals surface area contributed by atoms with Crippen molar-refractivity contribution in [3.05, 3.63) is 29.3 Å². The van der Waals surface area contributed by atoms with Crippen molar-refractivity contribution in [2.75, 3.05) is 5.32 Å². The van der Waals surface area contributed by atoms with Crippen LogP contribution in [0.1, 0.15) is 57.1 Å². The number of rotatable bonds is 6. The van der Waals surface area contributed by atoms with E-state index in [1.54, 1.807) is 0 Å². The van der Waals surface area contributed by atoms with Gasteiger partial charge in [-0.05, 0) is 55.4 Å². The summed E-state index contributed by atoms with van der Waals surface area (Å²) in [6, 6.07) is 6.38. The fraction of sp³-hybridized carbons (Fsp3) is 0.588. The Kier molecular flexibility index (Phi) is 5.00. The highest BCUT2D eigenvalue weighted by Crippen LogP contribution is 2.25. The molecule has 1 N–H and O–H groups in total. The zero-order valence-electron chi connectivity index (χ0n) is 12.2. The number of nitrogens with one attached hydrogen (secondary N) is 1. The SMILES string of the molecule is CCCC[C@H](CC)C(=O)Nc1ccc2c(c1)CCC2. The maximum Gasteiger partial charge on any atom is 0.227 e. The lowest BCUT2D eigenvalue weighted by Gasteiger charge is -2.15. The van der Waals surface area contributed by atoms with Crippen LogP contribution in [0, 0.1) is 5.92 Å². The minimum atomic E-state index is 0.160. The Morgan fingerprint density at radius 1 is 1.26 bits per heavy atom. The van der Waals surface area contributed by atoms with Crippen LogP contribution in [-0.2, 0) is 17.6 Å². The molecule has 0 saturated heterocycles. The number of carbonyl (C=O) groups excluding carboxylic acids is 1. The fourth-order valence-corrected chi connectivity index (χ4v) is 2.87. The number of anilines is 1. The lowest BCUT2D eigenvalue weighted by molar-refractivity contribution is -0.120. The topological polar surface area (TPSA) is 29.1 Å². The van der Waals surface area contributed by atoms with Crippen molar-refractivity contribution in [2.24, 2.45) is 5.92 Å². The molecule has 1 aliphatic carbocycles. The third-order valence-corrected chi connectivity index (χ3v) is 4.14. The number of unbranched alkanes of at least 4 members (excludes halogenated alkanes) is 1. The lowest BCUT2D eigenvalue weighted by Crippen LogP contribution is -2.22. The molecule has 1 aromatic carbocycles. The zero-order chi connectivity index (χ0) is 13.7. The van der Waals surface area contributed by atoms with Crippen molar-refractivity contribution < 1.29 is 4.79 Å². The van der Waals surface area contributed by atoms with E-state index in [-0.39, 0.29) is 11.8 Å². The van der Waals surface area contributed by atoms with Gasteiger partial charge in [0.05, 0.1) is 0 Å². The Balaban J connectivity index is 1.97. The summed E-state index contributed by atoms with van der Waals surface area (Å²) in [4.78, 5) is 12.2. The minimum absolute atomic E-state index is 0.160. The monoisotopic (exact) mass is 259 g/mol. The molecule has 1 amide bonds. The van der Waals surface area contributed by atoms with E-state index in [1.807, 2.05) is 0 Å². The summed E-state index contributed by atoms with van der Waals surface area (Å²) in [6.07, 6.45) is 7.82. The van der Waals surface area contributed by atoms with Gasteiger partial charge >= 0.3 is 0 Å². The average Bonchev–Trinajstić information content (AvgIpc) is 2.87. The normalized spacial score (nSPS) is 15.1. The summed E-state index contributed by atoms with van der Waals surface area (Å²) in [5.41, 5.74) is 3.84. The van der Waals surface area contributed by atoms with Crippen LogP contribution < -0.4 is 5.32 Å². The van der Waals surface area contributed by atoms with E-state index in [4.69, 9.17) is 0 Å². The maximum atomic E-state index is 12.2. The lowest BCUT2D eigenvalue weighted by atomic mass is 9.98. The highest BCUT2D eigenvalue weighted by molar-refractivity contribution is 5.92. The predicted molar refractivity (Wildman–Crippen MR) is 80.4 cm³/mol. The van der Waals surface area contributed by atoms with Crippen molar-refractivity contribution in [3.8, 4) is 0 Å². The summed E-state index contributed by atoms with van der Waals surface area (Å²) in [5, 5.41) is 3.09. The molecule has 0 saturated carbocycles. The van der Waals surface area contributed by atoms with Crippen LogP contribution in [0.4, 0.5) is 5.69 Å². The number of hydrogen-bond acceptors (Lipinski definition) is 1. The summed E-state index contributed by atoms with van der Waals surface area (Å²) < 4.78 is 0. The van der Waals surface area contributed by atoms with Crippen molar-refractivity contribution in [1.29, 1.82) is 0 Å². The van der Waals surface area contributed by atoms with Crippen LogP contribution in [0.25, 0.3) is 0 Å². The highest BCUT2D eigenvalue weighted by atomic mass is 16.1. The standard InChI is InChI=1S/C17H25NO/c1-3-5-7-13(4-2)17(19)18-16-11-10-14-8-6-9-15(14)12-16/h10-13H,3-9H2,1-2H3,(H,18,19)/t13-/m0/s1. The first kappa shape index (κ1) is 14.1. The van der Waals surface area contributed by atoms with Crippen molar-refractivity contribution in [1.82, 2.24) is 0 Å². The first-order chi connectivity index (χ1) is 9.24. The molecular weight excluding hydrogens is 234 g/mol. The van der Waals surface area contributed by atoms with Crippen LogP contribution >= 0.6 is 0 Å². The van der Waals surface area contributed by atoms with Gasteiger partial charge in [-0.1, -0.05) is 32.8 Å². The second kappa shape index (κ2) is 6.74. The highest BCUT2D eigenvalue weighted by Gasteiger charge is 2.17. The molecule has 0 aliphatic heterocycles. The Labute approximate surface area is 116 Å². The van der Waals surface area contributed by atoms with Crippen LogP contribution in [0.3, 0.4) is 0 Å². The van der Waals surface area contributed by atoms with Gasteiger partial charge in [0.2, 0.25) is 5.91 Å². The van der Waals surface area contributed by atoms with Crippen LogP contribution in [-0.4, -0.2) is 5.91 Å². The van der Waals surface area contributed by atoms with Gasteiger partial charge in [0, 0.05) is 11.6 Å². The number of fused-ring (bicyclic) bond motifs is 1. The second-order valence-corrected chi connectivity index (χ2v) is 5.57. The fourth-order valence-electron chi connectivity index (χ4n) is 2.87. The molecule has 0 heterocycles. The maximum absolute atomic E-state index is 12.2. The Hall–Kier alpha value is -1.31. The zero-order valence-corrected chi connectivity index (χ0v) is 12.2. The first-order valence-electron chi connectivity index (χ1n) is 7.67. The second-order valence-electron chi connectivity index (χ2n) is 5.57. The summed E-state index contributed by atoms with van der Waals surface area (Å²) in [7, 11) is 0. The molecule has 0 aromatic heterocycles. The van der Waals surface area contributed by atoms with Crippen LogP contribution in [0.2, 0.25) is 0 Å². The molecular formula is C17H25NO. The van der Waals surface area contributed by atoms with E-state index < -0.39 is 0 Å². The van der Waals surface area contributed by atoms with Gasteiger partial charge in [-0.25, -0.2) is 0 Å². The number of hydrogen-bond donors (Lipinski definition) is 1. The van der Waals surface area contributed by atoms with Crippen LogP contribution in [0.15, 0.2) is 18.2 Å². The van der Waals surface area contributed by atoms with E-state index in [0.717, 1.165) is 37.8 Å². The molecule has 2 heteroatoms. The molecule has 2 rings (SSSR count). The van der Waals surface area contributed by atoms with E-state index in [2.05, 4.69) is 37.4 Å². The molecule has 1 aromatic rings. The first-order valence-corrected chi connectivity index (χ1v) is 7.67. The summed E-state index contributed by atoms with van der Waals surface area (Å²) >= 11 is 0. The third-order valence-electron chi connectivity index (χ3n) is 4.14. The van der Waals surface area contributed by atoms with Gasteiger partial charge in [0.15, 0.2) is 0 Å². The van der Waals surface area contributed by atoms with E-state index >= 15 is 0 Å². The Morgan fingerprint density at radius 3 is 2.79 bits per heavy atom. The number of aryl methyl sites for hydroxylation is 2. The number of amides is 1. The predicted octanol–water partition coefficient (Wildman–Crippen LogP) is 4.33. The van der Waals surface area contributed by atoms with Crippen molar-refractivity contribution >= 4 is 11.6 Å². The quantitative estimate of drug-likeness (QED) is 0.809. The number of carbonyl (C=O) groups is 1. The van der Waals surface area contributed by atoms with Gasteiger partial charge in [-0.2, -0.15) is 0 Å². The smallest absolute Gasteiger partial charge is 0.227 e. The van der Waals surface area contributed by atoms with E-state index in [9.17, 15) is 4.79 Å². The Morgan fingerprint density at radius 2 is 2.05 bits per heavy atom. The average molecular weight is 259 g/mol. The molecule has 0 spiro atoms. The van der Waals surface area contributed by atoms with Gasteiger partial charge in [0.1, 0.15) is 0 Å². The molecule has 0 fully saturated rings. The van der Waals surface area contributed by atoms with E-state index in [1.165, 1.54) is 24.0 Å². The minimum Gasteiger partial charge on any atom is -0.326 e. The Bertz CT molecular complexity index is 439.